The first kappa shape index (κ1) is 25.9. The van der Waals surface area contributed by atoms with Gasteiger partial charge in [-0.05, 0) is 61.4 Å². The van der Waals surface area contributed by atoms with Gasteiger partial charge in [0.15, 0.2) is 5.69 Å². The highest BCUT2D eigenvalue weighted by molar-refractivity contribution is 6.04. The third kappa shape index (κ3) is 5.53. The molecule has 1 aromatic heterocycles. The lowest BCUT2D eigenvalue weighted by molar-refractivity contribution is -0.0805. The number of aryl methyl sites for hydroxylation is 2. The Balaban J connectivity index is 2.03. The molecule has 0 saturated heterocycles. The summed E-state index contributed by atoms with van der Waals surface area (Å²) in [4.78, 5) is 41.9. The molecule has 2 amide bonds. The number of fused-ring (bicyclic) bond motifs is 1. The Morgan fingerprint density at radius 3 is 2.23 bits per heavy atom. The van der Waals surface area contributed by atoms with E-state index in [0.717, 1.165) is 15.7 Å². The molecule has 7 N–H and O–H groups in total. The van der Waals surface area contributed by atoms with E-state index in [1.165, 1.54) is 29.7 Å². The molecule has 3 aromatic rings. The Hall–Kier alpha value is -3.68. The van der Waals surface area contributed by atoms with Crippen molar-refractivity contribution < 1.29 is 35.2 Å². The van der Waals surface area contributed by atoms with Crippen LogP contribution in [-0.2, 0) is 6.54 Å². The van der Waals surface area contributed by atoms with E-state index in [1.807, 2.05) is 13.8 Å². The van der Waals surface area contributed by atoms with Crippen molar-refractivity contribution in [1.82, 2.24) is 15.0 Å². The number of hydrogen-bond acceptors (Lipinski definition) is 9. The van der Waals surface area contributed by atoms with Crippen LogP contribution >= 0.6 is 0 Å². The van der Waals surface area contributed by atoms with Crippen molar-refractivity contribution in [3.8, 4) is 0 Å². The molecule has 0 aliphatic carbocycles. The Labute approximate surface area is 199 Å². The van der Waals surface area contributed by atoms with Crippen LogP contribution in [0.5, 0.6) is 0 Å². The molecule has 12 nitrogen and oxygen atoms in total. The summed E-state index contributed by atoms with van der Waals surface area (Å²) in [6.45, 7) is 2.36. The number of carbonyl (C=O) groups is 2. The number of aliphatic hydroxyl groups excluding tert-OH is 4. The summed E-state index contributed by atoms with van der Waals surface area (Å²) in [6, 6.07) is 8.82. The van der Waals surface area contributed by atoms with Crippen LogP contribution in [0.1, 0.15) is 32.0 Å². The fourth-order valence-corrected chi connectivity index (χ4v) is 3.45. The van der Waals surface area contributed by atoms with Gasteiger partial charge in [-0.1, -0.05) is 0 Å². The van der Waals surface area contributed by atoms with Gasteiger partial charge in [-0.25, -0.2) is 10.5 Å². The van der Waals surface area contributed by atoms with Gasteiger partial charge in [0.1, 0.15) is 18.3 Å². The van der Waals surface area contributed by atoms with Crippen molar-refractivity contribution in [2.45, 2.75) is 38.7 Å². The van der Waals surface area contributed by atoms with E-state index in [0.29, 0.717) is 5.52 Å². The smallest absolute Gasteiger partial charge is 0.282 e. The van der Waals surface area contributed by atoms with Crippen LogP contribution in [0.15, 0.2) is 41.2 Å². The summed E-state index contributed by atoms with van der Waals surface area (Å²) < 4.78 is 1.08. The largest absolute Gasteiger partial charge is 0.394 e. The van der Waals surface area contributed by atoms with Crippen molar-refractivity contribution in [3.05, 3.63) is 69.1 Å². The van der Waals surface area contributed by atoms with Crippen molar-refractivity contribution in [3.63, 3.8) is 0 Å². The lowest BCUT2D eigenvalue weighted by Gasteiger charge is -2.23. The molecule has 0 spiro atoms. The Bertz CT molecular complexity index is 1310. The molecule has 2 aromatic carbocycles. The maximum Gasteiger partial charge on any atom is 0.282 e. The summed E-state index contributed by atoms with van der Waals surface area (Å²) in [5.74, 6) is -1.59. The van der Waals surface area contributed by atoms with E-state index >= 15 is 0 Å². The number of aliphatic hydroxyl groups is 4. The summed E-state index contributed by atoms with van der Waals surface area (Å²) in [6.07, 6.45) is -5.01. The zero-order valence-electron chi connectivity index (χ0n) is 19.0. The molecule has 0 aliphatic heterocycles. The molecule has 0 fully saturated rings. The summed E-state index contributed by atoms with van der Waals surface area (Å²) in [5.41, 5.74) is 2.81. The highest BCUT2D eigenvalue weighted by Gasteiger charge is 2.27. The summed E-state index contributed by atoms with van der Waals surface area (Å²) in [5, 5.41) is 50.3. The molecule has 0 saturated carbocycles. The van der Waals surface area contributed by atoms with E-state index in [4.69, 9.17) is 10.3 Å². The molecule has 1 heterocycles. The van der Waals surface area contributed by atoms with E-state index < -0.39 is 54.5 Å². The number of rotatable bonds is 8. The predicted octanol–water partition coefficient (Wildman–Crippen LogP) is -0.540. The quantitative estimate of drug-likeness (QED) is 0.162. The van der Waals surface area contributed by atoms with Crippen LogP contribution in [-0.4, -0.2) is 71.9 Å². The number of anilines is 1. The van der Waals surface area contributed by atoms with Gasteiger partial charge in [-0.15, -0.1) is 0 Å². The maximum absolute atomic E-state index is 13.2. The van der Waals surface area contributed by atoms with Gasteiger partial charge in [-0.2, -0.15) is 0 Å². The van der Waals surface area contributed by atoms with Crippen LogP contribution in [0.25, 0.3) is 11.0 Å². The summed E-state index contributed by atoms with van der Waals surface area (Å²) >= 11 is 0. The third-order valence-electron chi connectivity index (χ3n) is 5.63. The molecular weight excluding hydrogens is 460 g/mol. The number of carbonyl (C=O) groups excluding carboxylic acids is 2. The molecule has 186 valence electrons. The average Bonchev–Trinajstić information content (AvgIpc) is 2.85. The standard InChI is InChI=1S/C23H26N4O8/c1-11-7-15-16(8-12(11)2)27(9-17(29)20(31)18(30)10-28)23(34)19(25-15)22(33)24-14-5-3-13(4-6-14)21(32)26-35/h3-8,17-18,20,28-31,35H,9-10H2,1-2H3,(H,24,33)(H,26,32). The first-order chi connectivity index (χ1) is 16.6. The number of nitrogens with one attached hydrogen (secondary N) is 2. The van der Waals surface area contributed by atoms with Crippen LogP contribution in [0, 0.1) is 13.8 Å². The van der Waals surface area contributed by atoms with Gasteiger partial charge in [0.05, 0.1) is 24.2 Å². The van der Waals surface area contributed by atoms with Crippen LogP contribution in [0.3, 0.4) is 0 Å². The second-order valence-corrected chi connectivity index (χ2v) is 8.08. The van der Waals surface area contributed by atoms with Crippen molar-refractivity contribution in [1.29, 1.82) is 0 Å². The highest BCUT2D eigenvalue weighted by Crippen LogP contribution is 2.19. The fraction of sp³-hybridized carbons (Fsp3) is 0.304. The Morgan fingerprint density at radius 1 is 1.00 bits per heavy atom. The number of hydrogen-bond donors (Lipinski definition) is 7. The van der Waals surface area contributed by atoms with E-state index in [9.17, 15) is 29.7 Å². The molecule has 3 rings (SSSR count). The minimum Gasteiger partial charge on any atom is -0.394 e. The monoisotopic (exact) mass is 486 g/mol. The topological polar surface area (TPSA) is 194 Å². The van der Waals surface area contributed by atoms with Gasteiger partial charge in [-0.3, -0.25) is 19.6 Å². The number of amides is 2. The van der Waals surface area contributed by atoms with Gasteiger partial charge in [0, 0.05) is 11.3 Å². The maximum atomic E-state index is 13.2. The Morgan fingerprint density at radius 2 is 1.63 bits per heavy atom. The third-order valence-corrected chi connectivity index (χ3v) is 5.63. The zero-order chi connectivity index (χ0) is 25.9. The minimum absolute atomic E-state index is 0.139. The van der Waals surface area contributed by atoms with Gasteiger partial charge < -0.3 is 30.3 Å². The molecule has 0 radical (unpaired) electrons. The zero-order valence-corrected chi connectivity index (χ0v) is 19.0. The molecule has 0 bridgehead atoms. The van der Waals surface area contributed by atoms with Crippen LogP contribution in [0.4, 0.5) is 5.69 Å². The molecular formula is C23H26N4O8. The molecule has 35 heavy (non-hydrogen) atoms. The average molecular weight is 486 g/mol. The normalized spacial score (nSPS) is 13.8. The van der Waals surface area contributed by atoms with Crippen molar-refractivity contribution in [2.75, 3.05) is 11.9 Å². The minimum atomic E-state index is -1.74. The first-order valence-electron chi connectivity index (χ1n) is 10.6. The highest BCUT2D eigenvalue weighted by atomic mass is 16.5. The van der Waals surface area contributed by atoms with Crippen LogP contribution < -0.4 is 16.4 Å². The lowest BCUT2D eigenvalue weighted by Crippen LogP contribution is -2.44. The summed E-state index contributed by atoms with van der Waals surface area (Å²) in [7, 11) is 0. The van der Waals surface area contributed by atoms with E-state index in [2.05, 4.69) is 10.3 Å². The second kappa shape index (κ2) is 10.7. The number of hydroxylamine groups is 1. The SMILES string of the molecule is Cc1cc2nc(C(=O)Nc3ccc(C(=O)NO)cc3)c(=O)n(CC(O)C(O)C(O)CO)c2cc1C. The van der Waals surface area contributed by atoms with Crippen LogP contribution in [0.2, 0.25) is 0 Å². The number of aromatic nitrogens is 2. The van der Waals surface area contributed by atoms with Gasteiger partial charge in [0.25, 0.3) is 17.4 Å². The fourth-order valence-electron chi connectivity index (χ4n) is 3.45. The number of nitrogens with zero attached hydrogens (tertiary/aromatic N) is 2. The molecule has 0 aliphatic rings. The van der Waals surface area contributed by atoms with Crippen molar-refractivity contribution in [2.24, 2.45) is 0 Å². The van der Waals surface area contributed by atoms with E-state index in [-0.39, 0.29) is 16.8 Å². The van der Waals surface area contributed by atoms with Gasteiger partial charge in [0.2, 0.25) is 0 Å². The number of benzene rings is 2. The molecule has 12 heteroatoms. The predicted molar refractivity (Wildman–Crippen MR) is 124 cm³/mol. The first-order valence-corrected chi connectivity index (χ1v) is 10.6. The lowest BCUT2D eigenvalue weighted by atomic mass is 10.1. The van der Waals surface area contributed by atoms with Gasteiger partial charge >= 0.3 is 0 Å². The molecule has 3 unspecified atom stereocenters. The van der Waals surface area contributed by atoms with Crippen molar-refractivity contribution >= 4 is 28.5 Å². The Kier molecular flexibility index (Phi) is 7.94. The van der Waals surface area contributed by atoms with E-state index in [1.54, 1.807) is 12.1 Å². The molecule has 3 atom stereocenters. The second-order valence-electron chi connectivity index (χ2n) is 8.08.